The van der Waals surface area contributed by atoms with Crippen LogP contribution in [0.15, 0.2) is 67.0 Å². The summed E-state index contributed by atoms with van der Waals surface area (Å²) in [5, 5.41) is 15.6. The van der Waals surface area contributed by atoms with Gasteiger partial charge in [0.25, 0.3) is 0 Å². The van der Waals surface area contributed by atoms with Gasteiger partial charge in [0.15, 0.2) is 0 Å². The number of likely N-dealkylation sites (tertiary alicyclic amines) is 1. The molecule has 8 nitrogen and oxygen atoms in total. The van der Waals surface area contributed by atoms with Crippen LogP contribution in [0.4, 0.5) is 0 Å². The Hall–Kier alpha value is -3.23. The maximum absolute atomic E-state index is 9.55. The summed E-state index contributed by atoms with van der Waals surface area (Å²) >= 11 is 0. The molecule has 0 aliphatic carbocycles. The summed E-state index contributed by atoms with van der Waals surface area (Å²) in [6.45, 7) is 4.20. The van der Waals surface area contributed by atoms with Crippen molar-refractivity contribution in [2.24, 2.45) is 5.92 Å². The van der Waals surface area contributed by atoms with Gasteiger partial charge in [-0.05, 0) is 49.5 Å². The number of rotatable bonds is 7. The third-order valence-corrected chi connectivity index (χ3v) is 4.44. The second kappa shape index (κ2) is 13.9. The average Bonchev–Trinajstić information content (AvgIpc) is 2.74. The summed E-state index contributed by atoms with van der Waals surface area (Å²) in [5.74, 6) is -0.971. The molecule has 30 heavy (non-hydrogen) atoms. The monoisotopic (exact) mass is 416 g/mol. The molecule has 0 saturated carbocycles. The molecule has 4 N–H and O–H groups in total. The second-order valence-electron chi connectivity index (χ2n) is 6.71. The van der Waals surface area contributed by atoms with Gasteiger partial charge in [-0.1, -0.05) is 30.3 Å². The molecule has 0 amide bonds. The van der Waals surface area contributed by atoms with Gasteiger partial charge in [0.05, 0.1) is 12.8 Å². The number of ether oxygens (including phenoxy) is 1. The van der Waals surface area contributed by atoms with Crippen LogP contribution in [0.1, 0.15) is 18.4 Å². The molecule has 2 aromatic rings. The van der Waals surface area contributed by atoms with E-state index < -0.39 is 11.9 Å². The van der Waals surface area contributed by atoms with Crippen LogP contribution in [-0.2, 0) is 16.1 Å². The van der Waals surface area contributed by atoms with Gasteiger partial charge >= 0.3 is 11.9 Å². The van der Waals surface area contributed by atoms with E-state index in [2.05, 4.69) is 40.2 Å². The number of pyridine rings is 1. The summed E-state index contributed by atoms with van der Waals surface area (Å²) in [6, 6.07) is 14.6. The Morgan fingerprint density at radius 3 is 2.20 bits per heavy atom. The molecule has 3 rings (SSSR count). The first-order valence-electron chi connectivity index (χ1n) is 9.46. The van der Waals surface area contributed by atoms with Crippen LogP contribution < -0.4 is 4.74 Å². The van der Waals surface area contributed by atoms with E-state index in [4.69, 9.17) is 14.9 Å². The van der Waals surface area contributed by atoms with Crippen LogP contribution in [0.2, 0.25) is 0 Å². The molecular formula is C22H28N2O6. The van der Waals surface area contributed by atoms with E-state index in [-0.39, 0.29) is 5.48 Å². The first kappa shape index (κ1) is 24.8. The number of carboxylic acid groups (broad SMARTS) is 2. The second-order valence-corrected chi connectivity index (χ2v) is 6.71. The van der Waals surface area contributed by atoms with Crippen LogP contribution in [0.25, 0.3) is 0 Å². The highest BCUT2D eigenvalue weighted by atomic mass is 16.5. The van der Waals surface area contributed by atoms with Crippen molar-refractivity contribution in [1.29, 1.82) is 0 Å². The summed E-state index contributed by atoms with van der Waals surface area (Å²) in [6.07, 6.45) is 7.10. The lowest BCUT2D eigenvalue weighted by molar-refractivity contribution is -0.134. The predicted molar refractivity (Wildman–Crippen MR) is 112 cm³/mol. The zero-order chi connectivity index (χ0) is 20.9. The number of benzene rings is 1. The van der Waals surface area contributed by atoms with Gasteiger partial charge in [-0.25, -0.2) is 9.59 Å². The van der Waals surface area contributed by atoms with E-state index in [1.165, 1.54) is 18.4 Å². The van der Waals surface area contributed by atoms with E-state index in [1.807, 2.05) is 12.1 Å². The first-order chi connectivity index (χ1) is 14.0. The van der Waals surface area contributed by atoms with Crippen LogP contribution in [0.5, 0.6) is 5.75 Å². The van der Waals surface area contributed by atoms with E-state index >= 15 is 0 Å². The van der Waals surface area contributed by atoms with Crippen LogP contribution in [0, 0.1) is 5.92 Å². The minimum atomic E-state index is -1.26. The molecule has 162 valence electrons. The normalized spacial score (nSPS) is 14.3. The Morgan fingerprint density at radius 1 is 1.03 bits per heavy atom. The Labute approximate surface area is 175 Å². The minimum Gasteiger partial charge on any atom is -0.492 e. The standard InChI is InChI=1S/C18H22N2O.C4H4O4.H2O/c1-2-5-16(6-3-1)14-20-11-8-17(9-12-20)15-21-18-7-4-10-19-13-18;5-3(6)1-2-4(7)8;/h1-7,10,13,17H,8-9,11-12,14-15H2;1-2H,(H,5,6)(H,7,8);1H2/b;2-1-;. The molecule has 0 radical (unpaired) electrons. The summed E-state index contributed by atoms with van der Waals surface area (Å²) in [7, 11) is 0. The largest absolute Gasteiger partial charge is 0.492 e. The Balaban J connectivity index is 0.000000431. The molecule has 8 heteroatoms. The fraction of sp³-hybridized carbons (Fsp3) is 0.318. The fourth-order valence-electron chi connectivity index (χ4n) is 2.94. The molecule has 1 aromatic carbocycles. The summed E-state index contributed by atoms with van der Waals surface area (Å²) in [4.78, 5) is 25.7. The molecule has 0 bridgehead atoms. The highest BCUT2D eigenvalue weighted by Crippen LogP contribution is 2.20. The van der Waals surface area contributed by atoms with Gasteiger partial charge in [-0.3, -0.25) is 9.88 Å². The molecule has 0 spiro atoms. The number of hydrogen-bond donors (Lipinski definition) is 2. The first-order valence-corrected chi connectivity index (χ1v) is 9.46. The number of carboxylic acids is 2. The number of carbonyl (C=O) groups is 2. The summed E-state index contributed by atoms with van der Waals surface area (Å²) in [5.41, 5.74) is 1.41. The molecule has 0 unspecified atom stereocenters. The van der Waals surface area contributed by atoms with Gasteiger partial charge in [0.2, 0.25) is 0 Å². The van der Waals surface area contributed by atoms with Gasteiger partial charge in [0, 0.05) is 24.9 Å². The molecule has 0 atom stereocenters. The molecule has 1 aliphatic rings. The highest BCUT2D eigenvalue weighted by Gasteiger charge is 2.19. The fourth-order valence-corrected chi connectivity index (χ4v) is 2.94. The van der Waals surface area contributed by atoms with Gasteiger partial charge in [-0.2, -0.15) is 0 Å². The molecular weight excluding hydrogens is 388 g/mol. The molecule has 2 heterocycles. The zero-order valence-corrected chi connectivity index (χ0v) is 16.7. The highest BCUT2D eigenvalue weighted by molar-refractivity contribution is 5.89. The van der Waals surface area contributed by atoms with Gasteiger partial charge < -0.3 is 20.4 Å². The zero-order valence-electron chi connectivity index (χ0n) is 16.7. The number of piperidine rings is 1. The molecule has 1 fully saturated rings. The average molecular weight is 416 g/mol. The van der Waals surface area contributed by atoms with Crippen molar-refractivity contribution >= 4 is 11.9 Å². The lowest BCUT2D eigenvalue weighted by Gasteiger charge is -2.31. The summed E-state index contributed by atoms with van der Waals surface area (Å²) < 4.78 is 5.82. The van der Waals surface area contributed by atoms with E-state index in [9.17, 15) is 9.59 Å². The minimum absolute atomic E-state index is 0. The van der Waals surface area contributed by atoms with Crippen molar-refractivity contribution in [3.05, 3.63) is 72.6 Å². The smallest absolute Gasteiger partial charge is 0.328 e. The van der Waals surface area contributed by atoms with Crippen molar-refractivity contribution in [1.82, 2.24) is 9.88 Å². The maximum atomic E-state index is 9.55. The van der Waals surface area contributed by atoms with E-state index in [1.54, 1.807) is 12.4 Å². The van der Waals surface area contributed by atoms with Crippen molar-refractivity contribution in [3.63, 3.8) is 0 Å². The van der Waals surface area contributed by atoms with Crippen molar-refractivity contribution < 1.29 is 30.0 Å². The van der Waals surface area contributed by atoms with Crippen LogP contribution >= 0.6 is 0 Å². The third kappa shape index (κ3) is 10.4. The molecule has 1 saturated heterocycles. The maximum Gasteiger partial charge on any atom is 0.328 e. The third-order valence-electron chi connectivity index (χ3n) is 4.44. The van der Waals surface area contributed by atoms with E-state index in [0.717, 1.165) is 32.0 Å². The topological polar surface area (TPSA) is 131 Å². The van der Waals surface area contributed by atoms with Gasteiger partial charge in [-0.15, -0.1) is 0 Å². The van der Waals surface area contributed by atoms with Crippen LogP contribution in [-0.4, -0.2) is 57.2 Å². The number of aromatic nitrogens is 1. The lowest BCUT2D eigenvalue weighted by Crippen LogP contribution is -2.35. The van der Waals surface area contributed by atoms with Crippen molar-refractivity contribution in [2.75, 3.05) is 19.7 Å². The van der Waals surface area contributed by atoms with Gasteiger partial charge in [0.1, 0.15) is 5.75 Å². The van der Waals surface area contributed by atoms with Crippen molar-refractivity contribution in [2.45, 2.75) is 19.4 Å². The Bertz CT molecular complexity index is 759. The Morgan fingerprint density at radius 2 is 1.67 bits per heavy atom. The predicted octanol–water partition coefficient (Wildman–Crippen LogP) is 2.26. The molecule has 1 aromatic heterocycles. The Kier molecular flexibility index (Phi) is 11.5. The molecule has 1 aliphatic heterocycles. The number of hydrogen-bond acceptors (Lipinski definition) is 5. The van der Waals surface area contributed by atoms with E-state index in [0.29, 0.717) is 18.1 Å². The van der Waals surface area contributed by atoms with Crippen LogP contribution in [0.3, 0.4) is 0 Å². The van der Waals surface area contributed by atoms with Crippen molar-refractivity contribution in [3.8, 4) is 5.75 Å². The number of aliphatic carboxylic acids is 2. The SMILES string of the molecule is O.O=C(O)/C=C\C(=O)O.c1ccc(CN2CCC(COc3cccnc3)CC2)cc1. The lowest BCUT2D eigenvalue weighted by atomic mass is 9.97. The number of nitrogens with zero attached hydrogens (tertiary/aromatic N) is 2. The quantitative estimate of drug-likeness (QED) is 0.662.